The number of hydrogen-bond donors (Lipinski definition) is 2. The first-order valence-corrected chi connectivity index (χ1v) is 10.9. The third-order valence-electron chi connectivity index (χ3n) is 6.13. The third kappa shape index (κ3) is 3.98. The molecule has 166 valence electrons. The summed E-state index contributed by atoms with van der Waals surface area (Å²) in [5.41, 5.74) is 4.06. The second-order valence-corrected chi connectivity index (χ2v) is 8.41. The summed E-state index contributed by atoms with van der Waals surface area (Å²) < 4.78 is 5.58. The van der Waals surface area contributed by atoms with E-state index in [0.717, 1.165) is 17.2 Å². The van der Waals surface area contributed by atoms with Gasteiger partial charge in [0.25, 0.3) is 5.91 Å². The van der Waals surface area contributed by atoms with Crippen molar-refractivity contribution in [3.05, 3.63) is 101 Å². The zero-order chi connectivity index (χ0) is 22.9. The zero-order valence-corrected chi connectivity index (χ0v) is 18.5. The molecule has 2 atom stereocenters. The molecule has 2 aliphatic rings. The van der Waals surface area contributed by atoms with Crippen LogP contribution in [0.5, 0.6) is 0 Å². The Kier molecular flexibility index (Phi) is 5.38. The minimum atomic E-state index is -0.558. The number of nitrogens with zero attached hydrogens (tertiary/aromatic N) is 2. The van der Waals surface area contributed by atoms with Crippen LogP contribution in [0.3, 0.4) is 0 Å². The number of aryl methyl sites for hydroxylation is 1. The SMILES string of the molecule is CC1=C(C(=O)Nc2cccc(C)n2)C(c2ccccn2)C2=C(CC(c3ccco3)CC2=O)N1. The fourth-order valence-corrected chi connectivity index (χ4v) is 4.70. The van der Waals surface area contributed by atoms with E-state index in [1.807, 2.05) is 56.3 Å². The van der Waals surface area contributed by atoms with Crippen molar-refractivity contribution in [1.29, 1.82) is 0 Å². The van der Waals surface area contributed by atoms with Crippen LogP contribution in [0.4, 0.5) is 5.82 Å². The van der Waals surface area contributed by atoms with E-state index in [-0.39, 0.29) is 17.6 Å². The van der Waals surface area contributed by atoms with E-state index in [1.54, 1.807) is 18.5 Å². The Hall–Kier alpha value is -4.00. The van der Waals surface area contributed by atoms with Crippen molar-refractivity contribution >= 4 is 17.5 Å². The zero-order valence-electron chi connectivity index (χ0n) is 18.5. The molecule has 0 aromatic carbocycles. The lowest BCUT2D eigenvalue weighted by atomic mass is 9.73. The van der Waals surface area contributed by atoms with Gasteiger partial charge in [-0.15, -0.1) is 0 Å². The van der Waals surface area contributed by atoms with Crippen LogP contribution in [0.1, 0.15) is 48.7 Å². The molecule has 1 aliphatic heterocycles. The standard InChI is InChI=1S/C26H24N4O3/c1-15-7-5-10-22(28-15)30-26(32)23-16(2)29-19-13-17(21-9-6-12-33-21)14-20(31)24(19)25(23)18-8-3-4-11-27-18/h3-12,17,25,29H,13-14H2,1-2H3,(H,28,30,32). The lowest BCUT2D eigenvalue weighted by Gasteiger charge is -2.36. The molecule has 3 aromatic rings. The van der Waals surface area contributed by atoms with E-state index >= 15 is 0 Å². The minimum Gasteiger partial charge on any atom is -0.469 e. The Balaban J connectivity index is 1.55. The summed E-state index contributed by atoms with van der Waals surface area (Å²) in [5, 5.41) is 6.26. The second kappa shape index (κ2) is 8.50. The number of amides is 1. The van der Waals surface area contributed by atoms with Crippen LogP contribution in [0.25, 0.3) is 0 Å². The summed E-state index contributed by atoms with van der Waals surface area (Å²) in [6, 6.07) is 14.7. The first-order chi connectivity index (χ1) is 16.0. The van der Waals surface area contributed by atoms with Gasteiger partial charge in [0.05, 0.1) is 17.9 Å². The molecule has 1 amide bonds. The van der Waals surface area contributed by atoms with Gasteiger partial charge < -0.3 is 15.1 Å². The van der Waals surface area contributed by atoms with Crippen LogP contribution in [0.15, 0.2) is 87.9 Å². The number of dihydropyridines is 1. The number of furan rings is 1. The highest BCUT2D eigenvalue weighted by Gasteiger charge is 2.42. The molecule has 5 rings (SSSR count). The Labute approximate surface area is 191 Å². The van der Waals surface area contributed by atoms with Crippen LogP contribution in [0.2, 0.25) is 0 Å². The Bertz CT molecular complexity index is 1280. The highest BCUT2D eigenvalue weighted by molar-refractivity contribution is 6.09. The van der Waals surface area contributed by atoms with Crippen LogP contribution >= 0.6 is 0 Å². The minimum absolute atomic E-state index is 0.00714. The van der Waals surface area contributed by atoms with Gasteiger partial charge in [-0.2, -0.15) is 0 Å². The maximum Gasteiger partial charge on any atom is 0.255 e. The van der Waals surface area contributed by atoms with Crippen LogP contribution in [-0.4, -0.2) is 21.7 Å². The quantitative estimate of drug-likeness (QED) is 0.625. The molecular formula is C26H24N4O3. The summed E-state index contributed by atoms with van der Waals surface area (Å²) in [7, 11) is 0. The first kappa shape index (κ1) is 20.9. The van der Waals surface area contributed by atoms with Gasteiger partial charge in [-0.25, -0.2) is 4.98 Å². The largest absolute Gasteiger partial charge is 0.469 e. The number of pyridine rings is 2. The van der Waals surface area contributed by atoms with Crippen molar-refractivity contribution in [1.82, 2.24) is 15.3 Å². The van der Waals surface area contributed by atoms with E-state index in [1.165, 1.54) is 0 Å². The number of rotatable bonds is 4. The molecule has 2 unspecified atom stereocenters. The van der Waals surface area contributed by atoms with Crippen molar-refractivity contribution in [2.24, 2.45) is 0 Å². The van der Waals surface area contributed by atoms with E-state index in [2.05, 4.69) is 20.6 Å². The van der Waals surface area contributed by atoms with E-state index in [4.69, 9.17) is 4.42 Å². The number of hydrogen-bond acceptors (Lipinski definition) is 6. The third-order valence-corrected chi connectivity index (χ3v) is 6.13. The number of anilines is 1. The summed E-state index contributed by atoms with van der Waals surface area (Å²) >= 11 is 0. The van der Waals surface area contributed by atoms with E-state index < -0.39 is 5.92 Å². The lowest BCUT2D eigenvalue weighted by Crippen LogP contribution is -2.37. The Morgan fingerprint density at radius 1 is 1.09 bits per heavy atom. The molecule has 0 radical (unpaired) electrons. The van der Waals surface area contributed by atoms with Crippen LogP contribution < -0.4 is 10.6 Å². The fourth-order valence-electron chi connectivity index (χ4n) is 4.70. The van der Waals surface area contributed by atoms with Gasteiger partial charge in [-0.3, -0.25) is 14.6 Å². The smallest absolute Gasteiger partial charge is 0.255 e. The average molecular weight is 441 g/mol. The highest BCUT2D eigenvalue weighted by Crippen LogP contribution is 2.45. The number of Topliss-reactive ketones (excluding diaryl/α,β-unsaturated/α-hetero) is 1. The van der Waals surface area contributed by atoms with Crippen molar-refractivity contribution in [3.63, 3.8) is 0 Å². The molecule has 2 N–H and O–H groups in total. The molecule has 0 saturated heterocycles. The Morgan fingerprint density at radius 3 is 2.70 bits per heavy atom. The van der Waals surface area contributed by atoms with E-state index in [9.17, 15) is 9.59 Å². The number of carbonyl (C=O) groups excluding carboxylic acids is 2. The molecule has 0 bridgehead atoms. The van der Waals surface area contributed by atoms with Gasteiger partial charge >= 0.3 is 0 Å². The predicted octanol–water partition coefficient (Wildman–Crippen LogP) is 4.38. The number of carbonyl (C=O) groups is 2. The van der Waals surface area contributed by atoms with E-state index in [0.29, 0.717) is 41.2 Å². The molecule has 0 fully saturated rings. The van der Waals surface area contributed by atoms with Gasteiger partial charge in [0.2, 0.25) is 0 Å². The molecule has 0 spiro atoms. The Morgan fingerprint density at radius 2 is 1.97 bits per heavy atom. The monoisotopic (exact) mass is 440 g/mol. The molecule has 4 heterocycles. The predicted molar refractivity (Wildman–Crippen MR) is 123 cm³/mol. The normalized spacial score (nSPS) is 20.4. The van der Waals surface area contributed by atoms with Crippen LogP contribution in [0, 0.1) is 6.92 Å². The molecule has 7 nitrogen and oxygen atoms in total. The second-order valence-electron chi connectivity index (χ2n) is 8.41. The average Bonchev–Trinajstić information content (AvgIpc) is 3.33. The number of allylic oxidation sites excluding steroid dienone is 3. The molecular weight excluding hydrogens is 416 g/mol. The highest BCUT2D eigenvalue weighted by atomic mass is 16.3. The fraction of sp³-hybridized carbons (Fsp3) is 0.231. The van der Waals surface area contributed by atoms with Crippen molar-refractivity contribution in [2.75, 3.05) is 5.32 Å². The van der Waals surface area contributed by atoms with Gasteiger partial charge in [-0.1, -0.05) is 12.1 Å². The van der Waals surface area contributed by atoms with Gasteiger partial charge in [0.15, 0.2) is 5.78 Å². The molecule has 7 heteroatoms. The van der Waals surface area contributed by atoms with Crippen molar-refractivity contribution in [3.8, 4) is 0 Å². The molecule has 1 aliphatic carbocycles. The summed E-state index contributed by atoms with van der Waals surface area (Å²) in [4.78, 5) is 35.8. The topological polar surface area (TPSA) is 97.1 Å². The van der Waals surface area contributed by atoms with Gasteiger partial charge in [0, 0.05) is 46.8 Å². The molecule has 33 heavy (non-hydrogen) atoms. The maximum atomic E-state index is 13.5. The van der Waals surface area contributed by atoms with Gasteiger partial charge in [-0.05, 0) is 56.7 Å². The number of ketones is 1. The molecule has 0 saturated carbocycles. The summed E-state index contributed by atoms with van der Waals surface area (Å²) in [5.74, 6) is 0.350. The van der Waals surface area contributed by atoms with Crippen LogP contribution in [-0.2, 0) is 9.59 Å². The summed E-state index contributed by atoms with van der Waals surface area (Å²) in [6.07, 6.45) is 4.26. The number of aromatic nitrogens is 2. The number of nitrogens with one attached hydrogen (secondary N) is 2. The molecule has 3 aromatic heterocycles. The first-order valence-electron chi connectivity index (χ1n) is 10.9. The van der Waals surface area contributed by atoms with Crippen molar-refractivity contribution in [2.45, 2.75) is 38.5 Å². The van der Waals surface area contributed by atoms with Crippen molar-refractivity contribution < 1.29 is 14.0 Å². The summed E-state index contributed by atoms with van der Waals surface area (Å²) in [6.45, 7) is 3.73. The lowest BCUT2D eigenvalue weighted by molar-refractivity contribution is -0.116. The maximum absolute atomic E-state index is 13.5. The van der Waals surface area contributed by atoms with Gasteiger partial charge in [0.1, 0.15) is 11.6 Å².